The Morgan fingerprint density at radius 3 is 2.64 bits per heavy atom. The highest BCUT2D eigenvalue weighted by molar-refractivity contribution is 7.99. The Bertz CT molecular complexity index is 868. The van der Waals surface area contributed by atoms with Gasteiger partial charge in [0.25, 0.3) is 5.22 Å². The molecular weight excluding hydrogens is 381 g/mol. The fourth-order valence-electron chi connectivity index (χ4n) is 1.99. The van der Waals surface area contributed by atoms with Crippen molar-refractivity contribution in [1.29, 1.82) is 0 Å². The lowest BCUT2D eigenvalue weighted by Crippen LogP contribution is -2.11. The number of halogens is 2. The number of aromatic nitrogens is 2. The summed E-state index contributed by atoms with van der Waals surface area (Å²) in [5.74, 6) is 0.830. The van der Waals surface area contributed by atoms with Crippen molar-refractivity contribution < 1.29 is 9.21 Å². The van der Waals surface area contributed by atoms with Gasteiger partial charge in [-0.25, -0.2) is 0 Å². The number of thioether (sulfide) groups is 1. The van der Waals surface area contributed by atoms with Gasteiger partial charge >= 0.3 is 0 Å². The van der Waals surface area contributed by atoms with E-state index in [2.05, 4.69) is 15.5 Å². The van der Waals surface area contributed by atoms with Gasteiger partial charge in [0.05, 0.1) is 0 Å². The van der Waals surface area contributed by atoms with Gasteiger partial charge in [-0.15, -0.1) is 10.2 Å². The first-order valence-electron chi connectivity index (χ1n) is 7.38. The number of carbonyl (C=O) groups is 1. The van der Waals surface area contributed by atoms with Crippen LogP contribution in [0, 0.1) is 0 Å². The van der Waals surface area contributed by atoms with Crippen molar-refractivity contribution in [2.45, 2.75) is 11.6 Å². The fourth-order valence-corrected chi connectivity index (χ4v) is 3.01. The van der Waals surface area contributed by atoms with E-state index in [1.807, 2.05) is 12.1 Å². The zero-order valence-electron chi connectivity index (χ0n) is 12.9. The summed E-state index contributed by atoms with van der Waals surface area (Å²) < 4.78 is 5.57. The molecule has 0 unspecified atom stereocenters. The third-order valence-electron chi connectivity index (χ3n) is 3.16. The molecular formula is C17H13Cl2N3O2S. The summed E-state index contributed by atoms with van der Waals surface area (Å²) in [7, 11) is 0. The summed E-state index contributed by atoms with van der Waals surface area (Å²) in [5, 5.41) is 12.4. The van der Waals surface area contributed by atoms with E-state index < -0.39 is 0 Å². The van der Waals surface area contributed by atoms with Gasteiger partial charge in [-0.1, -0.05) is 41.0 Å². The van der Waals surface area contributed by atoms with Gasteiger partial charge in [-0.2, -0.15) is 0 Å². The van der Waals surface area contributed by atoms with E-state index in [1.165, 1.54) is 11.8 Å². The van der Waals surface area contributed by atoms with Gasteiger partial charge in [-0.3, -0.25) is 4.79 Å². The first kappa shape index (κ1) is 17.8. The van der Waals surface area contributed by atoms with E-state index in [4.69, 9.17) is 27.6 Å². The number of nitrogens with one attached hydrogen (secondary N) is 1. The number of anilines is 1. The molecule has 1 aromatic heterocycles. The molecule has 0 bridgehead atoms. The van der Waals surface area contributed by atoms with Crippen molar-refractivity contribution in [1.82, 2.24) is 10.2 Å². The summed E-state index contributed by atoms with van der Waals surface area (Å²) in [4.78, 5) is 11.9. The molecule has 3 rings (SSSR count). The van der Waals surface area contributed by atoms with E-state index in [-0.39, 0.29) is 5.91 Å². The Kier molecular flexibility index (Phi) is 5.96. The van der Waals surface area contributed by atoms with Crippen molar-refractivity contribution >= 4 is 46.6 Å². The molecule has 0 aliphatic carbocycles. The second-order valence-electron chi connectivity index (χ2n) is 5.04. The van der Waals surface area contributed by atoms with E-state index >= 15 is 0 Å². The molecule has 0 atom stereocenters. The van der Waals surface area contributed by atoms with Crippen LogP contribution in [0.5, 0.6) is 0 Å². The zero-order chi connectivity index (χ0) is 17.6. The molecule has 0 aliphatic rings. The number of hydrogen-bond acceptors (Lipinski definition) is 5. The van der Waals surface area contributed by atoms with Crippen LogP contribution < -0.4 is 5.32 Å². The number of amides is 1. The van der Waals surface area contributed by atoms with Crippen molar-refractivity contribution in [3.8, 4) is 11.5 Å². The molecule has 0 spiro atoms. The number of carbonyl (C=O) groups excluding carboxylic acids is 1. The topological polar surface area (TPSA) is 68.0 Å². The molecule has 25 heavy (non-hydrogen) atoms. The Morgan fingerprint density at radius 2 is 1.88 bits per heavy atom. The predicted octanol–water partition coefficient (Wildman–Crippen LogP) is 5.16. The van der Waals surface area contributed by atoms with Gasteiger partial charge in [-0.05, 0) is 42.5 Å². The van der Waals surface area contributed by atoms with E-state index in [9.17, 15) is 4.79 Å². The molecule has 5 nitrogen and oxygen atoms in total. The minimum Gasteiger partial charge on any atom is -0.411 e. The number of rotatable bonds is 6. The molecule has 8 heteroatoms. The molecule has 3 aromatic rings. The molecule has 0 fully saturated rings. The van der Waals surface area contributed by atoms with Crippen LogP contribution in [0.1, 0.15) is 6.42 Å². The molecule has 1 amide bonds. The van der Waals surface area contributed by atoms with Crippen LogP contribution in [0.2, 0.25) is 10.0 Å². The van der Waals surface area contributed by atoms with Crippen molar-refractivity contribution in [3.05, 3.63) is 58.6 Å². The van der Waals surface area contributed by atoms with Crippen LogP contribution in [-0.2, 0) is 4.79 Å². The average Bonchev–Trinajstić information content (AvgIpc) is 3.06. The molecule has 1 heterocycles. The van der Waals surface area contributed by atoms with Gasteiger partial charge in [0.2, 0.25) is 11.8 Å². The molecule has 2 aromatic carbocycles. The van der Waals surface area contributed by atoms with Crippen LogP contribution in [0.4, 0.5) is 5.69 Å². The molecule has 0 aliphatic heterocycles. The first-order valence-corrected chi connectivity index (χ1v) is 9.12. The maximum Gasteiger partial charge on any atom is 0.276 e. The Hall–Kier alpha value is -2.02. The maximum atomic E-state index is 11.9. The maximum absolute atomic E-state index is 11.9. The van der Waals surface area contributed by atoms with E-state index in [0.717, 1.165) is 5.56 Å². The predicted molar refractivity (Wildman–Crippen MR) is 100 cm³/mol. The monoisotopic (exact) mass is 393 g/mol. The molecule has 1 N–H and O–H groups in total. The van der Waals surface area contributed by atoms with Crippen molar-refractivity contribution in [2.24, 2.45) is 0 Å². The summed E-state index contributed by atoms with van der Waals surface area (Å²) in [6.07, 6.45) is 0.322. The third-order valence-corrected chi connectivity index (χ3v) is 4.47. The Balaban J connectivity index is 1.49. The Morgan fingerprint density at radius 1 is 1.08 bits per heavy atom. The van der Waals surface area contributed by atoms with Crippen LogP contribution in [0.3, 0.4) is 0 Å². The lowest BCUT2D eigenvalue weighted by Gasteiger charge is -2.04. The minimum atomic E-state index is -0.0931. The van der Waals surface area contributed by atoms with Crippen molar-refractivity contribution in [3.63, 3.8) is 0 Å². The minimum absolute atomic E-state index is 0.0931. The zero-order valence-corrected chi connectivity index (χ0v) is 15.2. The molecule has 0 saturated carbocycles. The highest BCUT2D eigenvalue weighted by atomic mass is 35.5. The second kappa shape index (κ2) is 8.38. The highest BCUT2D eigenvalue weighted by Gasteiger charge is 2.10. The van der Waals surface area contributed by atoms with Gasteiger partial charge in [0.15, 0.2) is 0 Å². The van der Waals surface area contributed by atoms with Crippen LogP contribution >= 0.6 is 35.0 Å². The summed E-state index contributed by atoms with van der Waals surface area (Å²) in [6, 6.07) is 14.1. The first-order chi connectivity index (χ1) is 12.1. The Labute approximate surface area is 158 Å². The third kappa shape index (κ3) is 5.22. The van der Waals surface area contributed by atoms with E-state index in [1.54, 1.807) is 36.4 Å². The summed E-state index contributed by atoms with van der Waals surface area (Å²) in [5.41, 5.74) is 1.47. The lowest BCUT2D eigenvalue weighted by atomic mass is 10.2. The summed E-state index contributed by atoms with van der Waals surface area (Å²) >= 11 is 13.1. The molecule has 128 valence electrons. The molecule has 0 saturated heterocycles. The van der Waals surface area contributed by atoms with Crippen LogP contribution in [-0.4, -0.2) is 21.9 Å². The fraction of sp³-hybridized carbons (Fsp3) is 0.118. The number of benzene rings is 2. The SMILES string of the molecule is O=C(CCSc1nnc(-c2cccc(Cl)c2)o1)Nc1ccc(Cl)cc1. The number of hydrogen-bond donors (Lipinski definition) is 1. The standard InChI is InChI=1S/C17H13Cl2N3O2S/c18-12-4-6-14(7-5-12)20-15(23)8-9-25-17-22-21-16(24-17)11-2-1-3-13(19)10-11/h1-7,10H,8-9H2,(H,20,23). The smallest absolute Gasteiger partial charge is 0.276 e. The molecule has 0 radical (unpaired) electrons. The van der Waals surface area contributed by atoms with E-state index in [0.29, 0.717) is 39.0 Å². The highest BCUT2D eigenvalue weighted by Crippen LogP contribution is 2.25. The van der Waals surface area contributed by atoms with Crippen molar-refractivity contribution in [2.75, 3.05) is 11.1 Å². The largest absolute Gasteiger partial charge is 0.411 e. The second-order valence-corrected chi connectivity index (χ2v) is 6.96. The van der Waals surface area contributed by atoms with Crippen LogP contribution in [0.15, 0.2) is 58.2 Å². The quantitative estimate of drug-likeness (QED) is 0.585. The lowest BCUT2D eigenvalue weighted by molar-refractivity contribution is -0.115. The van der Waals surface area contributed by atoms with Gasteiger partial charge < -0.3 is 9.73 Å². The number of nitrogens with zero attached hydrogens (tertiary/aromatic N) is 2. The van der Waals surface area contributed by atoms with Crippen LogP contribution in [0.25, 0.3) is 11.5 Å². The van der Waals surface area contributed by atoms with Gasteiger partial charge in [0.1, 0.15) is 0 Å². The average molecular weight is 394 g/mol. The summed E-state index contributed by atoms with van der Waals surface area (Å²) in [6.45, 7) is 0. The van der Waals surface area contributed by atoms with Gasteiger partial charge in [0, 0.05) is 33.5 Å². The normalized spacial score (nSPS) is 10.6.